The molecule has 8 nitrogen and oxygen atoms in total. The fraction of sp³-hybridized carbons (Fsp3) is 0.179. The molecule has 5 rings (SSSR count). The molecular formula is C28H27N5O3S2. The first-order chi connectivity index (χ1) is 18.4. The minimum absolute atomic E-state index is 0.109. The van der Waals surface area contributed by atoms with Crippen molar-refractivity contribution >= 4 is 43.6 Å². The second kappa shape index (κ2) is 11.7. The minimum atomic E-state index is -2.98. The van der Waals surface area contributed by atoms with E-state index in [4.69, 9.17) is 4.74 Å². The number of sulfone groups is 1. The fourth-order valence-electron chi connectivity index (χ4n) is 3.81. The van der Waals surface area contributed by atoms with E-state index in [0.29, 0.717) is 25.5 Å². The molecule has 3 aromatic carbocycles. The van der Waals surface area contributed by atoms with Crippen LogP contribution < -0.4 is 15.4 Å². The molecule has 0 saturated heterocycles. The monoisotopic (exact) mass is 545 g/mol. The van der Waals surface area contributed by atoms with Crippen molar-refractivity contribution in [1.29, 1.82) is 0 Å². The Labute approximate surface area is 225 Å². The molecular weight excluding hydrogens is 518 g/mol. The molecule has 0 aliphatic heterocycles. The lowest BCUT2D eigenvalue weighted by Crippen LogP contribution is -2.21. The number of aromatic nitrogens is 3. The number of hydrogen-bond donors (Lipinski definition) is 2. The molecule has 0 fully saturated rings. The molecule has 0 aliphatic carbocycles. The standard InChI is InChI=1S/C28H27N5O3S2/c1-38(34,35)14-13-29-16-27-33-26(18-37-27)21-7-12-24-25(15-21)30-19-31-28(24)32-22-8-10-23(11-9-22)36-17-20-5-3-2-4-6-20/h2-12,15,18-19,29H,13-14,16-17H2,1H3,(H,30,31,32). The maximum Gasteiger partial charge on any atom is 0.148 e. The average Bonchev–Trinajstić information content (AvgIpc) is 3.40. The summed E-state index contributed by atoms with van der Waals surface area (Å²) in [6.07, 6.45) is 2.78. The molecule has 38 heavy (non-hydrogen) atoms. The highest BCUT2D eigenvalue weighted by Gasteiger charge is 2.10. The van der Waals surface area contributed by atoms with E-state index < -0.39 is 9.84 Å². The van der Waals surface area contributed by atoms with E-state index in [0.717, 1.165) is 44.2 Å². The van der Waals surface area contributed by atoms with Crippen molar-refractivity contribution in [2.24, 2.45) is 0 Å². The Bertz CT molecular complexity index is 1620. The molecule has 0 aliphatic rings. The van der Waals surface area contributed by atoms with Gasteiger partial charge in [0.2, 0.25) is 0 Å². The van der Waals surface area contributed by atoms with Crippen LogP contribution in [0.5, 0.6) is 5.75 Å². The summed E-state index contributed by atoms with van der Waals surface area (Å²) in [7, 11) is -2.98. The molecule has 0 radical (unpaired) electrons. The summed E-state index contributed by atoms with van der Waals surface area (Å²) < 4.78 is 28.4. The van der Waals surface area contributed by atoms with E-state index in [1.807, 2.05) is 78.2 Å². The molecule has 0 atom stereocenters. The van der Waals surface area contributed by atoms with Gasteiger partial charge >= 0.3 is 0 Å². The zero-order valence-electron chi connectivity index (χ0n) is 20.8. The molecule has 2 heterocycles. The van der Waals surface area contributed by atoms with Gasteiger partial charge in [-0.05, 0) is 42.0 Å². The highest BCUT2D eigenvalue weighted by Crippen LogP contribution is 2.29. The van der Waals surface area contributed by atoms with Crippen molar-refractivity contribution in [3.05, 3.63) is 95.1 Å². The zero-order chi connectivity index (χ0) is 26.4. The summed E-state index contributed by atoms with van der Waals surface area (Å²) in [6.45, 7) is 1.45. The Balaban J connectivity index is 1.23. The van der Waals surface area contributed by atoms with Crippen LogP contribution in [0.4, 0.5) is 11.5 Å². The molecule has 0 saturated carbocycles. The lowest BCUT2D eigenvalue weighted by Gasteiger charge is -2.10. The third-order valence-corrected chi connectivity index (χ3v) is 7.57. The quantitative estimate of drug-likeness (QED) is 0.218. The van der Waals surface area contributed by atoms with E-state index in [1.165, 1.54) is 17.6 Å². The van der Waals surface area contributed by atoms with E-state index in [-0.39, 0.29) is 5.75 Å². The van der Waals surface area contributed by atoms with Crippen molar-refractivity contribution < 1.29 is 13.2 Å². The van der Waals surface area contributed by atoms with Crippen LogP contribution in [-0.2, 0) is 23.0 Å². The summed E-state index contributed by atoms with van der Waals surface area (Å²) in [5.41, 5.74) is 4.64. The fourth-order valence-corrected chi connectivity index (χ4v) is 5.09. The zero-order valence-corrected chi connectivity index (χ0v) is 22.4. The van der Waals surface area contributed by atoms with Gasteiger partial charge in [-0.3, -0.25) is 0 Å². The van der Waals surface area contributed by atoms with Gasteiger partial charge in [0.1, 0.15) is 39.3 Å². The lowest BCUT2D eigenvalue weighted by atomic mass is 10.1. The van der Waals surface area contributed by atoms with Gasteiger partial charge in [-0.1, -0.05) is 36.4 Å². The first-order valence-corrected chi connectivity index (χ1v) is 15.0. The van der Waals surface area contributed by atoms with Crippen molar-refractivity contribution in [2.45, 2.75) is 13.2 Å². The Morgan fingerprint density at radius 2 is 1.79 bits per heavy atom. The van der Waals surface area contributed by atoms with E-state index in [2.05, 4.69) is 25.6 Å². The van der Waals surface area contributed by atoms with Gasteiger partial charge in [-0.25, -0.2) is 23.4 Å². The van der Waals surface area contributed by atoms with Gasteiger partial charge in [-0.15, -0.1) is 11.3 Å². The van der Waals surface area contributed by atoms with Gasteiger partial charge in [0, 0.05) is 41.4 Å². The predicted molar refractivity (Wildman–Crippen MR) is 153 cm³/mol. The Kier molecular flexibility index (Phi) is 7.92. The van der Waals surface area contributed by atoms with Crippen molar-refractivity contribution in [1.82, 2.24) is 20.3 Å². The van der Waals surface area contributed by atoms with Crippen LogP contribution in [0.15, 0.2) is 84.5 Å². The Morgan fingerprint density at radius 3 is 2.58 bits per heavy atom. The van der Waals surface area contributed by atoms with Crippen molar-refractivity contribution in [3.63, 3.8) is 0 Å². The number of rotatable bonds is 11. The number of nitrogens with one attached hydrogen (secondary N) is 2. The largest absolute Gasteiger partial charge is 0.489 e. The van der Waals surface area contributed by atoms with E-state index in [9.17, 15) is 8.42 Å². The van der Waals surface area contributed by atoms with Gasteiger partial charge in [0.25, 0.3) is 0 Å². The SMILES string of the molecule is CS(=O)(=O)CCNCc1nc(-c2ccc3c(Nc4ccc(OCc5ccccc5)cc4)ncnc3c2)cs1. The Hall–Kier alpha value is -3.86. The van der Waals surface area contributed by atoms with Crippen LogP contribution in [0.2, 0.25) is 0 Å². The maximum absolute atomic E-state index is 11.3. The van der Waals surface area contributed by atoms with Gasteiger partial charge in [0.15, 0.2) is 0 Å². The molecule has 0 unspecified atom stereocenters. The summed E-state index contributed by atoms with van der Waals surface area (Å²) in [6, 6.07) is 23.9. The van der Waals surface area contributed by atoms with Crippen LogP contribution in [0.1, 0.15) is 10.6 Å². The predicted octanol–water partition coefficient (Wildman–Crippen LogP) is 5.21. The third kappa shape index (κ3) is 6.91. The average molecular weight is 546 g/mol. The summed E-state index contributed by atoms with van der Waals surface area (Å²) in [4.78, 5) is 13.6. The summed E-state index contributed by atoms with van der Waals surface area (Å²) in [5, 5.41) is 10.3. The lowest BCUT2D eigenvalue weighted by molar-refractivity contribution is 0.306. The maximum atomic E-state index is 11.3. The normalized spacial score (nSPS) is 11.5. The first-order valence-electron chi connectivity index (χ1n) is 12.0. The van der Waals surface area contributed by atoms with Crippen molar-refractivity contribution in [3.8, 4) is 17.0 Å². The molecule has 194 valence electrons. The van der Waals surface area contributed by atoms with E-state index >= 15 is 0 Å². The topological polar surface area (TPSA) is 106 Å². The van der Waals surface area contributed by atoms with Crippen LogP contribution in [-0.4, -0.2) is 41.9 Å². The van der Waals surface area contributed by atoms with Gasteiger partial charge in [-0.2, -0.15) is 0 Å². The molecule has 10 heteroatoms. The second-order valence-corrected chi connectivity index (χ2v) is 12.0. The van der Waals surface area contributed by atoms with E-state index in [1.54, 1.807) is 6.33 Å². The van der Waals surface area contributed by atoms with Crippen molar-refractivity contribution in [2.75, 3.05) is 23.9 Å². The molecule has 0 spiro atoms. The number of thiazole rings is 1. The molecule has 0 amide bonds. The molecule has 0 bridgehead atoms. The Morgan fingerprint density at radius 1 is 0.974 bits per heavy atom. The molecule has 2 N–H and O–H groups in total. The van der Waals surface area contributed by atoms with Crippen LogP contribution >= 0.6 is 11.3 Å². The van der Waals surface area contributed by atoms with Gasteiger partial charge < -0.3 is 15.4 Å². The second-order valence-electron chi connectivity index (χ2n) is 8.81. The van der Waals surface area contributed by atoms with Crippen LogP contribution in [0, 0.1) is 0 Å². The number of nitrogens with zero attached hydrogens (tertiary/aromatic N) is 3. The highest BCUT2D eigenvalue weighted by atomic mass is 32.2. The number of hydrogen-bond acceptors (Lipinski definition) is 9. The molecule has 5 aromatic rings. The summed E-state index contributed by atoms with van der Waals surface area (Å²) >= 11 is 1.54. The number of fused-ring (bicyclic) bond motifs is 1. The minimum Gasteiger partial charge on any atom is -0.489 e. The van der Waals surface area contributed by atoms with Crippen LogP contribution in [0.3, 0.4) is 0 Å². The smallest absolute Gasteiger partial charge is 0.148 e. The highest BCUT2D eigenvalue weighted by molar-refractivity contribution is 7.90. The number of ether oxygens (including phenoxy) is 1. The molecule has 2 aromatic heterocycles. The third-order valence-electron chi connectivity index (χ3n) is 5.78. The van der Waals surface area contributed by atoms with Crippen LogP contribution in [0.25, 0.3) is 22.2 Å². The number of anilines is 2. The number of benzene rings is 3. The first kappa shape index (κ1) is 25.8. The summed E-state index contributed by atoms with van der Waals surface area (Å²) in [5.74, 6) is 1.62. The van der Waals surface area contributed by atoms with Gasteiger partial charge in [0.05, 0.1) is 17.0 Å².